The van der Waals surface area contributed by atoms with Crippen LogP contribution in [-0.2, 0) is 0 Å². The number of piperazine rings is 1. The Labute approximate surface area is 149 Å². The Balaban J connectivity index is 1.69. The zero-order chi connectivity index (χ0) is 18.0. The largest absolute Gasteiger partial charge is 0.481 e. The molecule has 3 rings (SSSR count). The van der Waals surface area contributed by atoms with Gasteiger partial charge in [-0.05, 0) is 50.1 Å². The quantitative estimate of drug-likeness (QED) is 0.898. The number of aryl methyl sites for hydroxylation is 1. The number of hydrogen-bond acceptors (Lipinski definition) is 6. The van der Waals surface area contributed by atoms with Crippen molar-refractivity contribution in [2.24, 2.45) is 0 Å². The van der Waals surface area contributed by atoms with Gasteiger partial charge < -0.3 is 14.6 Å². The SMILES string of the molecule is Cc1cc(OC(C)c2nc(C3CNCCN3C)no2)ccc1C(C)C. The van der Waals surface area contributed by atoms with Gasteiger partial charge in [0.1, 0.15) is 5.75 Å². The molecule has 0 amide bonds. The highest BCUT2D eigenvalue weighted by Crippen LogP contribution is 2.27. The molecule has 0 saturated carbocycles. The number of aromatic nitrogens is 2. The molecule has 2 atom stereocenters. The lowest BCUT2D eigenvalue weighted by Gasteiger charge is -2.30. The fourth-order valence-corrected chi connectivity index (χ4v) is 3.27. The van der Waals surface area contributed by atoms with Crippen molar-refractivity contribution in [2.45, 2.75) is 45.8 Å². The van der Waals surface area contributed by atoms with Crippen molar-refractivity contribution in [1.82, 2.24) is 20.4 Å². The van der Waals surface area contributed by atoms with Gasteiger partial charge in [-0.1, -0.05) is 25.1 Å². The van der Waals surface area contributed by atoms with Crippen molar-refractivity contribution in [3.63, 3.8) is 0 Å². The standard InChI is InChI=1S/C19H28N4O2/c1-12(2)16-7-6-15(10-13(16)3)24-14(4)19-21-18(22-25-19)17-11-20-8-9-23(17)5/h6-7,10,12,14,17,20H,8-9,11H2,1-5H3. The van der Waals surface area contributed by atoms with Gasteiger partial charge in [-0.3, -0.25) is 4.90 Å². The summed E-state index contributed by atoms with van der Waals surface area (Å²) in [5.41, 5.74) is 2.58. The molecule has 0 radical (unpaired) electrons. The second-order valence-corrected chi connectivity index (χ2v) is 7.12. The molecule has 0 spiro atoms. The van der Waals surface area contributed by atoms with Gasteiger partial charge >= 0.3 is 0 Å². The smallest absolute Gasteiger partial charge is 0.267 e. The van der Waals surface area contributed by atoms with E-state index in [1.165, 1.54) is 11.1 Å². The minimum Gasteiger partial charge on any atom is -0.481 e. The molecular weight excluding hydrogens is 316 g/mol. The molecule has 2 heterocycles. The van der Waals surface area contributed by atoms with Gasteiger partial charge in [-0.2, -0.15) is 4.98 Å². The normalized spacial score (nSPS) is 20.0. The van der Waals surface area contributed by atoms with Crippen LogP contribution < -0.4 is 10.1 Å². The number of benzene rings is 1. The van der Waals surface area contributed by atoms with Gasteiger partial charge in [-0.25, -0.2) is 0 Å². The van der Waals surface area contributed by atoms with Crippen LogP contribution >= 0.6 is 0 Å². The predicted octanol–water partition coefficient (Wildman–Crippen LogP) is 3.22. The highest BCUT2D eigenvalue weighted by molar-refractivity contribution is 5.36. The molecular formula is C19H28N4O2. The van der Waals surface area contributed by atoms with E-state index >= 15 is 0 Å². The summed E-state index contributed by atoms with van der Waals surface area (Å²) in [6.07, 6.45) is -0.285. The lowest BCUT2D eigenvalue weighted by Crippen LogP contribution is -2.44. The number of ether oxygens (including phenoxy) is 1. The maximum atomic E-state index is 6.02. The van der Waals surface area contributed by atoms with Gasteiger partial charge in [-0.15, -0.1) is 0 Å². The molecule has 136 valence electrons. The second kappa shape index (κ2) is 7.54. The van der Waals surface area contributed by atoms with Crippen LogP contribution in [0.25, 0.3) is 0 Å². The Kier molecular flexibility index (Phi) is 5.39. The van der Waals surface area contributed by atoms with Crippen LogP contribution in [0.3, 0.4) is 0 Å². The maximum Gasteiger partial charge on any atom is 0.267 e. The minimum atomic E-state index is -0.285. The van der Waals surface area contributed by atoms with Crippen molar-refractivity contribution in [3.05, 3.63) is 41.0 Å². The van der Waals surface area contributed by atoms with E-state index in [9.17, 15) is 0 Å². The Morgan fingerprint density at radius 1 is 1.32 bits per heavy atom. The molecule has 25 heavy (non-hydrogen) atoms. The number of hydrogen-bond donors (Lipinski definition) is 1. The first-order chi connectivity index (χ1) is 12.0. The molecule has 1 aliphatic rings. The summed E-state index contributed by atoms with van der Waals surface area (Å²) in [6.45, 7) is 11.2. The molecule has 6 heteroatoms. The van der Waals surface area contributed by atoms with E-state index in [2.05, 4.69) is 60.3 Å². The summed E-state index contributed by atoms with van der Waals surface area (Å²) in [7, 11) is 2.08. The van der Waals surface area contributed by atoms with E-state index < -0.39 is 0 Å². The van der Waals surface area contributed by atoms with E-state index in [-0.39, 0.29) is 12.1 Å². The topological polar surface area (TPSA) is 63.4 Å². The number of likely N-dealkylation sites (N-methyl/N-ethyl adjacent to an activating group) is 1. The average molecular weight is 344 g/mol. The summed E-state index contributed by atoms with van der Waals surface area (Å²) in [4.78, 5) is 6.80. The van der Waals surface area contributed by atoms with Crippen molar-refractivity contribution in [2.75, 3.05) is 26.7 Å². The predicted molar refractivity (Wildman–Crippen MR) is 96.8 cm³/mol. The second-order valence-electron chi connectivity index (χ2n) is 7.12. The van der Waals surface area contributed by atoms with Crippen molar-refractivity contribution < 1.29 is 9.26 Å². The van der Waals surface area contributed by atoms with Gasteiger partial charge in [0.2, 0.25) is 0 Å². The van der Waals surface area contributed by atoms with Crippen molar-refractivity contribution in [3.8, 4) is 5.75 Å². The van der Waals surface area contributed by atoms with Crippen LogP contribution in [0.5, 0.6) is 5.75 Å². The molecule has 1 aromatic heterocycles. The van der Waals surface area contributed by atoms with Crippen LogP contribution in [0, 0.1) is 6.92 Å². The first-order valence-electron chi connectivity index (χ1n) is 8.97. The molecule has 0 bridgehead atoms. The van der Waals surface area contributed by atoms with E-state index in [1.807, 2.05) is 13.0 Å². The third-order valence-corrected chi connectivity index (χ3v) is 4.79. The summed E-state index contributed by atoms with van der Waals surface area (Å²) in [6, 6.07) is 6.35. The van der Waals surface area contributed by atoms with Gasteiger partial charge in [0.15, 0.2) is 11.9 Å². The molecule has 6 nitrogen and oxygen atoms in total. The summed E-state index contributed by atoms with van der Waals surface area (Å²) in [5, 5.41) is 7.53. The molecule has 1 fully saturated rings. The minimum absolute atomic E-state index is 0.144. The van der Waals surface area contributed by atoms with Crippen LogP contribution in [0.2, 0.25) is 0 Å². The Hall–Kier alpha value is -1.92. The summed E-state index contributed by atoms with van der Waals surface area (Å²) >= 11 is 0. The van der Waals surface area contributed by atoms with Crippen LogP contribution in [0.4, 0.5) is 0 Å². The van der Waals surface area contributed by atoms with Gasteiger partial charge in [0.25, 0.3) is 5.89 Å². The number of nitrogens with zero attached hydrogens (tertiary/aromatic N) is 3. The van der Waals surface area contributed by atoms with Crippen LogP contribution in [0.15, 0.2) is 22.7 Å². The fourth-order valence-electron chi connectivity index (χ4n) is 3.27. The Morgan fingerprint density at radius 3 is 2.80 bits per heavy atom. The summed E-state index contributed by atoms with van der Waals surface area (Å²) in [5.74, 6) is 2.56. The van der Waals surface area contributed by atoms with E-state index in [1.54, 1.807) is 0 Å². The lowest BCUT2D eigenvalue weighted by molar-refractivity contribution is 0.173. The fraction of sp³-hybridized carbons (Fsp3) is 0.579. The highest BCUT2D eigenvalue weighted by atomic mass is 16.5. The third kappa shape index (κ3) is 4.02. The van der Waals surface area contributed by atoms with E-state index in [0.29, 0.717) is 17.6 Å². The Morgan fingerprint density at radius 2 is 2.12 bits per heavy atom. The number of rotatable bonds is 5. The molecule has 0 aliphatic carbocycles. The van der Waals surface area contributed by atoms with E-state index in [4.69, 9.17) is 9.26 Å². The molecule has 1 aromatic carbocycles. The lowest BCUT2D eigenvalue weighted by atomic mass is 9.98. The highest BCUT2D eigenvalue weighted by Gasteiger charge is 2.26. The Bertz CT molecular complexity index is 713. The molecule has 1 saturated heterocycles. The van der Waals surface area contributed by atoms with Gasteiger partial charge in [0, 0.05) is 19.6 Å². The zero-order valence-corrected chi connectivity index (χ0v) is 15.7. The molecule has 2 aromatic rings. The molecule has 2 unspecified atom stereocenters. The van der Waals surface area contributed by atoms with Crippen molar-refractivity contribution >= 4 is 0 Å². The first kappa shape index (κ1) is 17.9. The first-order valence-corrected chi connectivity index (χ1v) is 8.97. The average Bonchev–Trinajstić information content (AvgIpc) is 3.05. The maximum absolute atomic E-state index is 6.02. The zero-order valence-electron chi connectivity index (χ0n) is 15.7. The number of nitrogens with one attached hydrogen (secondary N) is 1. The van der Waals surface area contributed by atoms with Crippen molar-refractivity contribution in [1.29, 1.82) is 0 Å². The molecule has 1 N–H and O–H groups in total. The van der Waals surface area contributed by atoms with Crippen LogP contribution in [0.1, 0.15) is 61.7 Å². The third-order valence-electron chi connectivity index (χ3n) is 4.79. The van der Waals surface area contributed by atoms with Gasteiger partial charge in [0.05, 0.1) is 6.04 Å². The van der Waals surface area contributed by atoms with Crippen LogP contribution in [-0.4, -0.2) is 41.7 Å². The summed E-state index contributed by atoms with van der Waals surface area (Å²) < 4.78 is 11.5. The molecule has 1 aliphatic heterocycles. The van der Waals surface area contributed by atoms with E-state index in [0.717, 1.165) is 25.4 Å². The monoisotopic (exact) mass is 344 g/mol.